The molecule has 1 aromatic rings. The Morgan fingerprint density at radius 1 is 1.57 bits per heavy atom. The van der Waals surface area contributed by atoms with Gasteiger partial charge in [0.15, 0.2) is 5.78 Å². The van der Waals surface area contributed by atoms with Crippen LogP contribution in [0.25, 0.3) is 0 Å². The first-order chi connectivity index (χ1) is 6.75. The summed E-state index contributed by atoms with van der Waals surface area (Å²) in [4.78, 5) is 10.7. The summed E-state index contributed by atoms with van der Waals surface area (Å²) in [6.45, 7) is 2.37. The van der Waals surface area contributed by atoms with E-state index in [0.29, 0.717) is 5.75 Å². The van der Waals surface area contributed by atoms with Gasteiger partial charge in [0.2, 0.25) is 0 Å². The Morgan fingerprint density at radius 3 is 3.21 bits per heavy atom. The minimum Gasteiger partial charge on any atom is -0.493 e. The van der Waals surface area contributed by atoms with Crippen molar-refractivity contribution in [2.45, 2.75) is 13.3 Å². The van der Waals surface area contributed by atoms with Crippen LogP contribution in [0.1, 0.15) is 12.5 Å². The van der Waals surface area contributed by atoms with E-state index in [2.05, 4.69) is 0 Å². The van der Waals surface area contributed by atoms with Gasteiger partial charge in [-0.3, -0.25) is 4.79 Å². The third-order valence-corrected chi connectivity index (χ3v) is 2.11. The molecule has 0 fully saturated rings. The molecule has 0 N–H and O–H groups in total. The number of ketones is 1. The highest BCUT2D eigenvalue weighted by molar-refractivity contribution is 5.77. The lowest BCUT2D eigenvalue weighted by Crippen LogP contribution is -2.06. The molecular formula is C11H12O3. The summed E-state index contributed by atoms with van der Waals surface area (Å²) < 4.78 is 10.6. The van der Waals surface area contributed by atoms with Gasteiger partial charge < -0.3 is 9.47 Å². The number of rotatable bonds is 3. The van der Waals surface area contributed by atoms with Crippen LogP contribution in [0, 0.1) is 0 Å². The molecule has 2 rings (SSSR count). The van der Waals surface area contributed by atoms with Gasteiger partial charge in [0.25, 0.3) is 0 Å². The summed E-state index contributed by atoms with van der Waals surface area (Å²) in [6.07, 6.45) is 0.961. The minimum absolute atomic E-state index is 0.0198. The van der Waals surface area contributed by atoms with Crippen molar-refractivity contribution in [1.82, 2.24) is 0 Å². The van der Waals surface area contributed by atoms with Crippen LogP contribution in [0.3, 0.4) is 0 Å². The topological polar surface area (TPSA) is 35.5 Å². The van der Waals surface area contributed by atoms with Crippen molar-refractivity contribution in [2.75, 3.05) is 13.2 Å². The van der Waals surface area contributed by atoms with E-state index in [0.717, 1.165) is 18.8 Å². The molecule has 1 aliphatic heterocycles. The summed E-state index contributed by atoms with van der Waals surface area (Å²) in [6, 6.07) is 5.69. The van der Waals surface area contributed by atoms with Crippen LogP contribution in [-0.4, -0.2) is 19.0 Å². The SMILES string of the molecule is CC(=O)COc1ccc2c(c1)OCC2. The number of ether oxygens (including phenoxy) is 2. The molecule has 0 atom stereocenters. The minimum atomic E-state index is 0.0198. The molecule has 0 aliphatic carbocycles. The molecule has 1 heterocycles. The second-order valence-electron chi connectivity index (χ2n) is 3.36. The highest BCUT2D eigenvalue weighted by Gasteiger charge is 2.12. The van der Waals surface area contributed by atoms with E-state index in [1.165, 1.54) is 12.5 Å². The zero-order valence-electron chi connectivity index (χ0n) is 8.08. The molecule has 3 nitrogen and oxygen atoms in total. The van der Waals surface area contributed by atoms with Crippen molar-refractivity contribution >= 4 is 5.78 Å². The third kappa shape index (κ3) is 1.87. The van der Waals surface area contributed by atoms with Crippen molar-refractivity contribution < 1.29 is 14.3 Å². The second kappa shape index (κ2) is 3.70. The van der Waals surface area contributed by atoms with Crippen LogP contribution >= 0.6 is 0 Å². The molecule has 0 saturated heterocycles. The Kier molecular flexibility index (Phi) is 2.39. The lowest BCUT2D eigenvalue weighted by atomic mass is 10.2. The highest BCUT2D eigenvalue weighted by Crippen LogP contribution is 2.29. The molecule has 0 radical (unpaired) electrons. The first kappa shape index (κ1) is 9.06. The number of carbonyl (C=O) groups is 1. The third-order valence-electron chi connectivity index (χ3n) is 2.11. The van der Waals surface area contributed by atoms with Gasteiger partial charge in [0.1, 0.15) is 18.1 Å². The van der Waals surface area contributed by atoms with Crippen LogP contribution in [0.4, 0.5) is 0 Å². The number of benzene rings is 1. The summed E-state index contributed by atoms with van der Waals surface area (Å²) in [5.74, 6) is 1.60. The van der Waals surface area contributed by atoms with Gasteiger partial charge in [-0.15, -0.1) is 0 Å². The van der Waals surface area contributed by atoms with Gasteiger partial charge in [-0.05, 0) is 18.6 Å². The Hall–Kier alpha value is -1.51. The zero-order chi connectivity index (χ0) is 9.97. The summed E-state index contributed by atoms with van der Waals surface area (Å²) in [7, 11) is 0. The zero-order valence-corrected chi connectivity index (χ0v) is 8.08. The van der Waals surface area contributed by atoms with Crippen LogP contribution in [0.2, 0.25) is 0 Å². The van der Waals surface area contributed by atoms with Crippen molar-refractivity contribution in [1.29, 1.82) is 0 Å². The van der Waals surface area contributed by atoms with Crippen LogP contribution in [0.15, 0.2) is 18.2 Å². The standard InChI is InChI=1S/C11H12O3/c1-8(12)7-14-10-3-2-9-4-5-13-11(9)6-10/h2-3,6H,4-5,7H2,1H3. The average Bonchev–Trinajstić information content (AvgIpc) is 2.61. The van der Waals surface area contributed by atoms with E-state index in [9.17, 15) is 4.79 Å². The Morgan fingerprint density at radius 2 is 2.43 bits per heavy atom. The normalized spacial score (nSPS) is 13.2. The van der Waals surface area contributed by atoms with Gasteiger partial charge in [-0.1, -0.05) is 6.07 Å². The Bertz CT molecular complexity index is 358. The van der Waals surface area contributed by atoms with E-state index in [1.54, 1.807) is 0 Å². The number of carbonyl (C=O) groups excluding carboxylic acids is 1. The van der Waals surface area contributed by atoms with E-state index < -0.39 is 0 Å². The number of hydrogen-bond donors (Lipinski definition) is 0. The van der Waals surface area contributed by atoms with Gasteiger partial charge in [-0.2, -0.15) is 0 Å². The Labute approximate surface area is 82.6 Å². The first-order valence-electron chi connectivity index (χ1n) is 4.63. The lowest BCUT2D eigenvalue weighted by Gasteiger charge is -2.05. The molecular weight excluding hydrogens is 180 g/mol. The summed E-state index contributed by atoms with van der Waals surface area (Å²) >= 11 is 0. The summed E-state index contributed by atoms with van der Waals surface area (Å²) in [5, 5.41) is 0. The van der Waals surface area contributed by atoms with Gasteiger partial charge in [0, 0.05) is 12.5 Å². The monoisotopic (exact) mass is 192 g/mol. The lowest BCUT2D eigenvalue weighted by molar-refractivity contribution is -0.118. The van der Waals surface area contributed by atoms with Crippen LogP contribution < -0.4 is 9.47 Å². The molecule has 0 aromatic heterocycles. The van der Waals surface area contributed by atoms with Crippen molar-refractivity contribution in [3.63, 3.8) is 0 Å². The highest BCUT2D eigenvalue weighted by atomic mass is 16.5. The number of Topliss-reactive ketones (excluding diaryl/α,β-unsaturated/α-hetero) is 1. The van der Waals surface area contributed by atoms with E-state index in [-0.39, 0.29) is 12.4 Å². The van der Waals surface area contributed by atoms with Crippen LogP contribution in [0.5, 0.6) is 11.5 Å². The fourth-order valence-corrected chi connectivity index (χ4v) is 1.42. The Balaban J connectivity index is 2.09. The quantitative estimate of drug-likeness (QED) is 0.729. The predicted octanol–water partition coefficient (Wildman–Crippen LogP) is 1.59. The number of hydrogen-bond acceptors (Lipinski definition) is 3. The molecule has 14 heavy (non-hydrogen) atoms. The maximum absolute atomic E-state index is 10.7. The van der Waals surface area contributed by atoms with Crippen molar-refractivity contribution in [2.24, 2.45) is 0 Å². The fraction of sp³-hybridized carbons (Fsp3) is 0.364. The largest absolute Gasteiger partial charge is 0.493 e. The molecule has 3 heteroatoms. The molecule has 74 valence electrons. The van der Waals surface area contributed by atoms with Crippen molar-refractivity contribution in [3.8, 4) is 11.5 Å². The number of fused-ring (bicyclic) bond motifs is 1. The average molecular weight is 192 g/mol. The van der Waals surface area contributed by atoms with E-state index in [1.807, 2.05) is 18.2 Å². The van der Waals surface area contributed by atoms with E-state index >= 15 is 0 Å². The molecule has 0 amide bonds. The second-order valence-corrected chi connectivity index (χ2v) is 3.36. The summed E-state index contributed by atoms with van der Waals surface area (Å²) in [5.41, 5.74) is 1.21. The first-order valence-corrected chi connectivity index (χ1v) is 4.63. The molecule has 0 spiro atoms. The fourth-order valence-electron chi connectivity index (χ4n) is 1.42. The molecule has 1 aliphatic rings. The van der Waals surface area contributed by atoms with Gasteiger partial charge in [-0.25, -0.2) is 0 Å². The van der Waals surface area contributed by atoms with Gasteiger partial charge >= 0.3 is 0 Å². The predicted molar refractivity (Wildman–Crippen MR) is 51.8 cm³/mol. The van der Waals surface area contributed by atoms with E-state index in [4.69, 9.17) is 9.47 Å². The maximum atomic E-state index is 10.7. The molecule has 0 saturated carbocycles. The van der Waals surface area contributed by atoms with Gasteiger partial charge in [0.05, 0.1) is 6.61 Å². The smallest absolute Gasteiger partial charge is 0.167 e. The molecule has 1 aromatic carbocycles. The maximum Gasteiger partial charge on any atom is 0.167 e. The van der Waals surface area contributed by atoms with Crippen LogP contribution in [-0.2, 0) is 11.2 Å². The molecule has 0 unspecified atom stereocenters. The molecule has 0 bridgehead atoms. The van der Waals surface area contributed by atoms with Crippen molar-refractivity contribution in [3.05, 3.63) is 23.8 Å².